The first-order valence-electron chi connectivity index (χ1n) is 8.12. The Kier molecular flexibility index (Phi) is 4.90. The quantitative estimate of drug-likeness (QED) is 0.648. The number of nitrogens with zero attached hydrogens (tertiary/aromatic N) is 3. The van der Waals surface area contributed by atoms with Gasteiger partial charge in [0.2, 0.25) is 0 Å². The number of hydrazone groups is 1. The van der Waals surface area contributed by atoms with Crippen LogP contribution in [0.15, 0.2) is 29.4 Å². The molecule has 0 unspecified atom stereocenters. The number of aryl methyl sites for hydroxylation is 1. The minimum absolute atomic E-state index is 0.0901. The summed E-state index contributed by atoms with van der Waals surface area (Å²) in [5.41, 5.74) is 4.91. The first-order chi connectivity index (χ1) is 12.3. The van der Waals surface area contributed by atoms with Crippen LogP contribution in [0.3, 0.4) is 0 Å². The monoisotopic (exact) mass is 378 g/mol. The number of benzene rings is 1. The first kappa shape index (κ1) is 18.2. The third-order valence-electron chi connectivity index (χ3n) is 4.40. The van der Waals surface area contributed by atoms with Gasteiger partial charge in [0.05, 0.1) is 29.5 Å². The molecule has 1 atom stereocenters. The van der Waals surface area contributed by atoms with Crippen molar-refractivity contribution in [2.24, 2.45) is 5.10 Å². The lowest BCUT2D eigenvalue weighted by Gasteiger charge is -2.10. The summed E-state index contributed by atoms with van der Waals surface area (Å²) in [6, 6.07) is 4.97. The molecule has 9 heteroatoms. The normalized spacial score (nSPS) is 19.1. The Bertz CT molecular complexity index is 965. The number of hydrogen-bond donors (Lipinski definition) is 1. The standard InChI is InChI=1S/C17H19FN4O3S/c1-11-16(9-19-20-17(23)13-3-5-14(18)6-4-13)12(2)22(21-11)15-7-8-26(24,25)10-15/h3-6,9,15H,7-8,10H2,1-2H3,(H,20,23)/b19-9-/t15-/m1/s1. The van der Waals surface area contributed by atoms with Crippen LogP contribution < -0.4 is 5.43 Å². The number of carbonyl (C=O) groups is 1. The third-order valence-corrected chi connectivity index (χ3v) is 6.15. The Morgan fingerprint density at radius 2 is 2.04 bits per heavy atom. The van der Waals surface area contributed by atoms with Crippen LogP contribution in [0, 0.1) is 19.7 Å². The van der Waals surface area contributed by atoms with Gasteiger partial charge in [-0.25, -0.2) is 18.2 Å². The van der Waals surface area contributed by atoms with E-state index in [0.29, 0.717) is 17.7 Å². The van der Waals surface area contributed by atoms with Crippen molar-refractivity contribution in [1.82, 2.24) is 15.2 Å². The highest BCUT2D eigenvalue weighted by Gasteiger charge is 2.31. The second kappa shape index (κ2) is 6.99. The number of nitrogens with one attached hydrogen (secondary N) is 1. The molecule has 138 valence electrons. The Morgan fingerprint density at radius 3 is 2.65 bits per heavy atom. The number of halogens is 1. The molecule has 0 spiro atoms. The summed E-state index contributed by atoms with van der Waals surface area (Å²) >= 11 is 0. The fraction of sp³-hybridized carbons (Fsp3) is 0.353. The zero-order valence-corrected chi connectivity index (χ0v) is 15.3. The summed E-state index contributed by atoms with van der Waals surface area (Å²) in [4.78, 5) is 12.0. The van der Waals surface area contributed by atoms with E-state index >= 15 is 0 Å². The first-order valence-corrected chi connectivity index (χ1v) is 9.94. The molecular formula is C17H19FN4O3S. The van der Waals surface area contributed by atoms with Gasteiger partial charge in [0.15, 0.2) is 9.84 Å². The SMILES string of the molecule is Cc1nn([C@@H]2CCS(=O)(=O)C2)c(C)c1/C=N\NC(=O)c1ccc(F)cc1. The van der Waals surface area contributed by atoms with Crippen LogP contribution in [0.2, 0.25) is 0 Å². The number of rotatable bonds is 4. The predicted molar refractivity (Wildman–Crippen MR) is 95.5 cm³/mol. The molecular weight excluding hydrogens is 359 g/mol. The van der Waals surface area contributed by atoms with Crippen molar-refractivity contribution in [2.45, 2.75) is 26.3 Å². The van der Waals surface area contributed by atoms with E-state index in [9.17, 15) is 17.6 Å². The van der Waals surface area contributed by atoms with Crippen LogP contribution in [0.5, 0.6) is 0 Å². The topological polar surface area (TPSA) is 93.4 Å². The van der Waals surface area contributed by atoms with Crippen LogP contribution in [0.1, 0.15) is 39.8 Å². The number of carbonyl (C=O) groups excluding carboxylic acids is 1. The average Bonchev–Trinajstić information content (AvgIpc) is 3.08. The molecule has 0 radical (unpaired) electrons. The van der Waals surface area contributed by atoms with Crippen molar-refractivity contribution in [3.8, 4) is 0 Å². The summed E-state index contributed by atoms with van der Waals surface area (Å²) in [5.74, 6) is -0.608. The van der Waals surface area contributed by atoms with E-state index < -0.39 is 21.6 Å². The summed E-state index contributed by atoms with van der Waals surface area (Å²) in [6.07, 6.45) is 2.03. The van der Waals surface area contributed by atoms with Gasteiger partial charge in [-0.2, -0.15) is 10.2 Å². The molecule has 1 aliphatic heterocycles. The summed E-state index contributed by atoms with van der Waals surface area (Å²) in [6.45, 7) is 3.64. The molecule has 7 nitrogen and oxygen atoms in total. The van der Waals surface area contributed by atoms with Crippen molar-refractivity contribution in [3.63, 3.8) is 0 Å². The lowest BCUT2D eigenvalue weighted by Crippen LogP contribution is -2.17. The number of sulfone groups is 1. The molecule has 0 aliphatic carbocycles. The second-order valence-corrected chi connectivity index (χ2v) is 8.52. The van der Waals surface area contributed by atoms with Crippen molar-refractivity contribution in [1.29, 1.82) is 0 Å². The predicted octanol–water partition coefficient (Wildman–Crippen LogP) is 1.76. The lowest BCUT2D eigenvalue weighted by atomic mass is 10.2. The molecule has 3 rings (SSSR count). The van der Waals surface area contributed by atoms with Crippen LogP contribution in [0.25, 0.3) is 0 Å². The smallest absolute Gasteiger partial charge is 0.267 e. The maximum atomic E-state index is 12.9. The zero-order valence-electron chi connectivity index (χ0n) is 14.4. The maximum absolute atomic E-state index is 12.9. The van der Waals surface area contributed by atoms with Crippen molar-refractivity contribution in [3.05, 3.63) is 52.6 Å². The van der Waals surface area contributed by atoms with Gasteiger partial charge in [-0.1, -0.05) is 0 Å². The highest BCUT2D eigenvalue weighted by molar-refractivity contribution is 7.91. The molecule has 1 amide bonds. The van der Waals surface area contributed by atoms with E-state index in [4.69, 9.17) is 0 Å². The van der Waals surface area contributed by atoms with E-state index in [0.717, 1.165) is 11.3 Å². The number of hydrogen-bond acceptors (Lipinski definition) is 5. The third kappa shape index (κ3) is 3.82. The molecule has 0 bridgehead atoms. The number of amides is 1. The van der Waals surface area contributed by atoms with Gasteiger partial charge < -0.3 is 0 Å². The minimum Gasteiger partial charge on any atom is -0.267 e. The van der Waals surface area contributed by atoms with Crippen molar-refractivity contribution < 1.29 is 17.6 Å². The van der Waals surface area contributed by atoms with Gasteiger partial charge in [-0.3, -0.25) is 9.48 Å². The van der Waals surface area contributed by atoms with Gasteiger partial charge in [0.1, 0.15) is 5.82 Å². The maximum Gasteiger partial charge on any atom is 0.271 e. The van der Waals surface area contributed by atoms with Crippen LogP contribution >= 0.6 is 0 Å². The molecule has 1 aromatic carbocycles. The Balaban J connectivity index is 1.73. The van der Waals surface area contributed by atoms with Gasteiger partial charge in [-0.05, 0) is 44.5 Å². The Labute approximate surface area is 150 Å². The van der Waals surface area contributed by atoms with Gasteiger partial charge in [0, 0.05) is 16.8 Å². The van der Waals surface area contributed by atoms with Gasteiger partial charge in [-0.15, -0.1) is 0 Å². The van der Waals surface area contributed by atoms with Crippen LogP contribution in [-0.2, 0) is 9.84 Å². The van der Waals surface area contributed by atoms with Crippen LogP contribution in [0.4, 0.5) is 4.39 Å². The molecule has 1 aromatic heterocycles. The second-order valence-electron chi connectivity index (χ2n) is 6.29. The average molecular weight is 378 g/mol. The molecule has 0 saturated carbocycles. The highest BCUT2D eigenvalue weighted by atomic mass is 32.2. The molecule has 2 aromatic rings. The molecule has 26 heavy (non-hydrogen) atoms. The van der Waals surface area contributed by atoms with E-state index in [1.807, 2.05) is 6.92 Å². The van der Waals surface area contributed by atoms with E-state index in [1.54, 1.807) is 11.6 Å². The van der Waals surface area contributed by atoms with Gasteiger partial charge >= 0.3 is 0 Å². The van der Waals surface area contributed by atoms with E-state index in [1.165, 1.54) is 30.5 Å². The Morgan fingerprint density at radius 1 is 1.35 bits per heavy atom. The zero-order chi connectivity index (χ0) is 18.9. The lowest BCUT2D eigenvalue weighted by molar-refractivity contribution is 0.0955. The Hall–Kier alpha value is -2.55. The minimum atomic E-state index is -3.00. The molecule has 1 N–H and O–H groups in total. The molecule has 1 saturated heterocycles. The fourth-order valence-electron chi connectivity index (χ4n) is 3.01. The highest BCUT2D eigenvalue weighted by Crippen LogP contribution is 2.26. The van der Waals surface area contributed by atoms with E-state index in [2.05, 4.69) is 15.6 Å². The molecule has 1 aliphatic rings. The van der Waals surface area contributed by atoms with Crippen molar-refractivity contribution in [2.75, 3.05) is 11.5 Å². The summed E-state index contributed by atoms with van der Waals surface area (Å²) in [5, 5.41) is 8.37. The van der Waals surface area contributed by atoms with Crippen molar-refractivity contribution >= 4 is 22.0 Å². The van der Waals surface area contributed by atoms with Crippen LogP contribution in [-0.4, -0.2) is 41.8 Å². The summed E-state index contributed by atoms with van der Waals surface area (Å²) < 4.78 is 38.0. The largest absolute Gasteiger partial charge is 0.271 e. The molecule has 1 fully saturated rings. The number of aromatic nitrogens is 2. The van der Waals surface area contributed by atoms with E-state index in [-0.39, 0.29) is 17.5 Å². The van der Waals surface area contributed by atoms with Gasteiger partial charge in [0.25, 0.3) is 5.91 Å². The molecule has 2 heterocycles. The fourth-order valence-corrected chi connectivity index (χ4v) is 4.70. The summed E-state index contributed by atoms with van der Waals surface area (Å²) in [7, 11) is -3.00.